The van der Waals surface area contributed by atoms with Gasteiger partial charge in [0.2, 0.25) is 5.91 Å². The zero-order valence-corrected chi connectivity index (χ0v) is 14.9. The van der Waals surface area contributed by atoms with E-state index in [1.54, 1.807) is 12.1 Å². The van der Waals surface area contributed by atoms with Crippen LogP contribution < -0.4 is 5.32 Å². The number of para-hydroxylation sites is 1. The van der Waals surface area contributed by atoms with Crippen LogP contribution >= 0.6 is 0 Å². The number of nitrogens with zero attached hydrogens (tertiary/aromatic N) is 2. The molecule has 1 heterocycles. The lowest BCUT2D eigenvalue weighted by Gasteiger charge is -2.34. The molecule has 2 aromatic carbocycles. The Balaban J connectivity index is 1.92. The second-order valence-electron chi connectivity index (χ2n) is 6.66. The highest BCUT2D eigenvalue weighted by molar-refractivity contribution is 5.96. The fourth-order valence-corrected chi connectivity index (χ4v) is 3.43. The molecule has 1 atom stereocenters. The van der Waals surface area contributed by atoms with Gasteiger partial charge in [0, 0.05) is 17.8 Å². The number of likely N-dealkylation sites (tertiary alicyclic amines) is 1. The van der Waals surface area contributed by atoms with Crippen molar-refractivity contribution in [2.24, 2.45) is 0 Å². The number of nitrogens with one attached hydrogen (secondary N) is 1. The molecular formula is C20H23N3O3. The molecule has 2 aromatic rings. The summed E-state index contributed by atoms with van der Waals surface area (Å²) in [6.07, 6.45) is 3.21. The monoisotopic (exact) mass is 353 g/mol. The number of nitro groups is 1. The van der Waals surface area contributed by atoms with Crippen LogP contribution in [0.4, 0.5) is 11.4 Å². The summed E-state index contributed by atoms with van der Waals surface area (Å²) in [4.78, 5) is 26.0. The zero-order valence-electron chi connectivity index (χ0n) is 14.9. The van der Waals surface area contributed by atoms with Gasteiger partial charge in [0.25, 0.3) is 5.69 Å². The first-order chi connectivity index (χ1) is 12.6. The van der Waals surface area contributed by atoms with Crippen LogP contribution in [0.5, 0.6) is 0 Å². The Morgan fingerprint density at radius 1 is 1.12 bits per heavy atom. The second-order valence-corrected chi connectivity index (χ2v) is 6.66. The number of benzene rings is 2. The van der Waals surface area contributed by atoms with Crippen LogP contribution in [0.3, 0.4) is 0 Å². The van der Waals surface area contributed by atoms with Gasteiger partial charge in [-0.2, -0.15) is 0 Å². The first kappa shape index (κ1) is 18.1. The summed E-state index contributed by atoms with van der Waals surface area (Å²) in [5, 5.41) is 14.2. The van der Waals surface area contributed by atoms with Gasteiger partial charge in [-0.05, 0) is 50.0 Å². The van der Waals surface area contributed by atoms with Crippen LogP contribution in [0.1, 0.15) is 36.4 Å². The highest BCUT2D eigenvalue weighted by Crippen LogP contribution is 2.29. The van der Waals surface area contributed by atoms with Gasteiger partial charge in [-0.25, -0.2) is 0 Å². The molecule has 0 radical (unpaired) electrons. The van der Waals surface area contributed by atoms with Crippen LogP contribution in [-0.4, -0.2) is 28.8 Å². The molecular weight excluding hydrogens is 330 g/mol. The van der Waals surface area contributed by atoms with Crippen molar-refractivity contribution >= 4 is 17.3 Å². The molecule has 0 aliphatic carbocycles. The first-order valence-electron chi connectivity index (χ1n) is 8.91. The van der Waals surface area contributed by atoms with Crippen LogP contribution in [0, 0.1) is 17.0 Å². The van der Waals surface area contributed by atoms with Crippen LogP contribution in [-0.2, 0) is 4.79 Å². The van der Waals surface area contributed by atoms with E-state index in [9.17, 15) is 14.9 Å². The number of nitro benzene ring substituents is 1. The van der Waals surface area contributed by atoms with E-state index in [-0.39, 0.29) is 11.6 Å². The predicted molar refractivity (Wildman–Crippen MR) is 101 cm³/mol. The Morgan fingerprint density at radius 3 is 2.54 bits per heavy atom. The van der Waals surface area contributed by atoms with Gasteiger partial charge < -0.3 is 5.32 Å². The Labute approximate surface area is 153 Å². The van der Waals surface area contributed by atoms with Gasteiger partial charge in [-0.1, -0.05) is 36.8 Å². The minimum atomic E-state index is -0.533. The number of hydrogen-bond donors (Lipinski definition) is 1. The molecule has 1 aliphatic rings. The van der Waals surface area contributed by atoms with Gasteiger partial charge in [0.1, 0.15) is 6.04 Å². The highest BCUT2D eigenvalue weighted by atomic mass is 16.6. The zero-order chi connectivity index (χ0) is 18.5. The second kappa shape index (κ2) is 8.10. The lowest BCUT2D eigenvalue weighted by atomic mass is 10.00. The molecule has 0 saturated carbocycles. The summed E-state index contributed by atoms with van der Waals surface area (Å²) in [7, 11) is 0. The summed E-state index contributed by atoms with van der Waals surface area (Å²) >= 11 is 0. The molecule has 0 aromatic heterocycles. The lowest BCUT2D eigenvalue weighted by Crippen LogP contribution is -2.40. The van der Waals surface area contributed by atoms with Crippen molar-refractivity contribution < 1.29 is 9.72 Å². The molecule has 1 aliphatic heterocycles. The number of piperidine rings is 1. The summed E-state index contributed by atoms with van der Waals surface area (Å²) in [6.45, 7) is 3.57. The molecule has 6 heteroatoms. The molecule has 1 saturated heterocycles. The summed E-state index contributed by atoms with van der Waals surface area (Å²) in [5.74, 6) is -0.151. The maximum atomic E-state index is 13.1. The molecule has 26 heavy (non-hydrogen) atoms. The van der Waals surface area contributed by atoms with E-state index < -0.39 is 11.0 Å². The Hall–Kier alpha value is -2.73. The fraction of sp³-hybridized carbons (Fsp3) is 0.350. The third kappa shape index (κ3) is 4.08. The third-order valence-corrected chi connectivity index (χ3v) is 4.80. The summed E-state index contributed by atoms with van der Waals surface area (Å²) < 4.78 is 0. The average Bonchev–Trinajstić information content (AvgIpc) is 2.65. The van der Waals surface area contributed by atoms with Gasteiger partial charge in [-0.15, -0.1) is 0 Å². The van der Waals surface area contributed by atoms with E-state index in [2.05, 4.69) is 10.2 Å². The first-order valence-corrected chi connectivity index (χ1v) is 8.91. The minimum absolute atomic E-state index is 0.00759. The molecule has 1 N–H and O–H groups in total. The summed E-state index contributed by atoms with van der Waals surface area (Å²) in [6, 6.07) is 13.5. The Kier molecular flexibility index (Phi) is 5.63. The van der Waals surface area contributed by atoms with Crippen molar-refractivity contribution in [3.05, 3.63) is 69.8 Å². The largest absolute Gasteiger partial charge is 0.324 e. The van der Waals surface area contributed by atoms with E-state index in [0.29, 0.717) is 5.56 Å². The smallest absolute Gasteiger partial charge is 0.269 e. The average molecular weight is 353 g/mol. The van der Waals surface area contributed by atoms with E-state index >= 15 is 0 Å². The van der Waals surface area contributed by atoms with Crippen molar-refractivity contribution in [3.8, 4) is 0 Å². The van der Waals surface area contributed by atoms with Crippen molar-refractivity contribution in [2.45, 2.75) is 32.2 Å². The number of rotatable bonds is 5. The molecule has 0 spiro atoms. The van der Waals surface area contributed by atoms with Crippen molar-refractivity contribution in [1.82, 2.24) is 4.90 Å². The number of aryl methyl sites for hydroxylation is 1. The number of amides is 1. The van der Waals surface area contributed by atoms with E-state index in [1.807, 2.05) is 31.2 Å². The van der Waals surface area contributed by atoms with E-state index in [0.717, 1.165) is 43.6 Å². The SMILES string of the molecule is Cc1ccccc1NC(=O)[C@@H](c1cccc([N+](=O)[O-])c1)N1CCCCC1. The van der Waals surface area contributed by atoms with Gasteiger partial charge >= 0.3 is 0 Å². The maximum Gasteiger partial charge on any atom is 0.269 e. The van der Waals surface area contributed by atoms with E-state index in [1.165, 1.54) is 12.1 Å². The van der Waals surface area contributed by atoms with Gasteiger partial charge in [0.05, 0.1) is 4.92 Å². The van der Waals surface area contributed by atoms with Gasteiger partial charge in [-0.3, -0.25) is 19.8 Å². The van der Waals surface area contributed by atoms with Crippen molar-refractivity contribution in [2.75, 3.05) is 18.4 Å². The molecule has 3 rings (SSSR count). The van der Waals surface area contributed by atoms with Crippen LogP contribution in [0.2, 0.25) is 0 Å². The standard InChI is InChI=1S/C20H23N3O3/c1-15-8-3-4-11-18(15)21-20(24)19(22-12-5-2-6-13-22)16-9-7-10-17(14-16)23(25)26/h3-4,7-11,14,19H,2,5-6,12-13H2,1H3,(H,21,24)/t19-/m1/s1. The number of hydrogen-bond acceptors (Lipinski definition) is 4. The number of anilines is 1. The summed E-state index contributed by atoms with van der Waals surface area (Å²) in [5.41, 5.74) is 2.42. The highest BCUT2D eigenvalue weighted by Gasteiger charge is 2.30. The Morgan fingerprint density at radius 2 is 1.85 bits per heavy atom. The molecule has 0 bridgehead atoms. The fourth-order valence-electron chi connectivity index (χ4n) is 3.43. The van der Waals surface area contributed by atoms with Crippen LogP contribution in [0.15, 0.2) is 48.5 Å². The predicted octanol–water partition coefficient (Wildman–Crippen LogP) is 4.07. The quantitative estimate of drug-likeness (QED) is 0.649. The van der Waals surface area contributed by atoms with E-state index in [4.69, 9.17) is 0 Å². The molecule has 1 fully saturated rings. The normalized spacial score (nSPS) is 16.0. The third-order valence-electron chi connectivity index (χ3n) is 4.80. The van der Waals surface area contributed by atoms with Crippen molar-refractivity contribution in [1.29, 1.82) is 0 Å². The molecule has 1 amide bonds. The number of carbonyl (C=O) groups excluding carboxylic acids is 1. The molecule has 6 nitrogen and oxygen atoms in total. The molecule has 136 valence electrons. The number of carbonyl (C=O) groups is 1. The molecule has 0 unspecified atom stereocenters. The maximum absolute atomic E-state index is 13.1. The lowest BCUT2D eigenvalue weighted by molar-refractivity contribution is -0.384. The van der Waals surface area contributed by atoms with Gasteiger partial charge in [0.15, 0.2) is 0 Å². The van der Waals surface area contributed by atoms with Crippen molar-refractivity contribution in [3.63, 3.8) is 0 Å². The topological polar surface area (TPSA) is 75.5 Å². The number of non-ortho nitro benzene ring substituents is 1. The van der Waals surface area contributed by atoms with Crippen LogP contribution in [0.25, 0.3) is 0 Å². The minimum Gasteiger partial charge on any atom is -0.324 e. The Bertz CT molecular complexity index is 800.